The quantitative estimate of drug-likeness (QED) is 0.0224. The summed E-state index contributed by atoms with van der Waals surface area (Å²) in [5.74, 6) is -0.804. The number of phosphoric acid groups is 1. The van der Waals surface area contributed by atoms with Crippen LogP contribution < -0.4 is 0 Å². The number of quaternary nitrogens is 1. The zero-order valence-corrected chi connectivity index (χ0v) is 33.3. The van der Waals surface area contributed by atoms with Crippen molar-refractivity contribution in [3.63, 3.8) is 0 Å². The van der Waals surface area contributed by atoms with Crippen molar-refractivity contribution in [3.05, 3.63) is 12.2 Å². The van der Waals surface area contributed by atoms with E-state index in [1.54, 1.807) is 0 Å². The van der Waals surface area contributed by atoms with Gasteiger partial charge in [0.1, 0.15) is 19.8 Å². The maximum Gasteiger partial charge on any atom is 0.472 e. The Morgan fingerprint density at radius 2 is 1.04 bits per heavy atom. The lowest BCUT2D eigenvalue weighted by atomic mass is 10.0. The van der Waals surface area contributed by atoms with E-state index in [4.69, 9.17) is 18.5 Å². The van der Waals surface area contributed by atoms with Crippen LogP contribution in [0.5, 0.6) is 0 Å². The fraction of sp³-hybridized carbons (Fsp3) is 0.897. The Labute approximate surface area is 301 Å². The van der Waals surface area contributed by atoms with Crippen LogP contribution in [0.15, 0.2) is 12.2 Å². The van der Waals surface area contributed by atoms with E-state index in [0.29, 0.717) is 23.9 Å². The lowest BCUT2D eigenvalue weighted by Crippen LogP contribution is -2.37. The summed E-state index contributed by atoms with van der Waals surface area (Å²) < 4.78 is 34.2. The second-order valence-corrected chi connectivity index (χ2v) is 16.1. The molecule has 290 valence electrons. The first kappa shape index (κ1) is 47.8. The topological polar surface area (TPSA) is 108 Å². The van der Waals surface area contributed by atoms with Gasteiger partial charge in [-0.3, -0.25) is 18.6 Å². The number of ether oxygens (including phenoxy) is 2. The molecule has 49 heavy (non-hydrogen) atoms. The highest BCUT2D eigenvalue weighted by atomic mass is 31.2. The van der Waals surface area contributed by atoms with Gasteiger partial charge in [-0.15, -0.1) is 0 Å². The summed E-state index contributed by atoms with van der Waals surface area (Å²) in [6.45, 7) is 4.38. The van der Waals surface area contributed by atoms with E-state index in [-0.39, 0.29) is 25.6 Å². The van der Waals surface area contributed by atoms with E-state index in [0.717, 1.165) is 51.4 Å². The molecule has 0 amide bonds. The monoisotopic (exact) mass is 719 g/mol. The number of carbonyl (C=O) groups is 2. The number of phosphoric ester groups is 1. The summed E-state index contributed by atoms with van der Waals surface area (Å²) in [5, 5.41) is 0. The zero-order valence-electron chi connectivity index (χ0n) is 32.4. The number of hydrogen-bond donors (Lipinski definition) is 1. The van der Waals surface area contributed by atoms with Crippen molar-refractivity contribution in [1.82, 2.24) is 0 Å². The third kappa shape index (κ3) is 36.3. The first-order valence-corrected chi connectivity index (χ1v) is 21.4. The number of rotatable bonds is 36. The van der Waals surface area contributed by atoms with Gasteiger partial charge in [0.25, 0.3) is 0 Å². The minimum Gasteiger partial charge on any atom is -0.462 e. The molecule has 0 radical (unpaired) electrons. The van der Waals surface area contributed by atoms with Crippen molar-refractivity contribution in [2.75, 3.05) is 47.5 Å². The molecule has 0 saturated heterocycles. The van der Waals surface area contributed by atoms with Crippen LogP contribution in [-0.4, -0.2) is 74.9 Å². The maximum absolute atomic E-state index is 12.6. The molecule has 0 aromatic heterocycles. The normalized spacial score (nSPS) is 13.8. The molecule has 9 nitrogen and oxygen atoms in total. The molecular weight excluding hydrogens is 641 g/mol. The molecule has 0 aliphatic rings. The Balaban J connectivity index is 4.41. The van der Waals surface area contributed by atoms with Gasteiger partial charge in [-0.1, -0.05) is 135 Å². The Morgan fingerprint density at radius 1 is 0.612 bits per heavy atom. The SMILES string of the molecule is CCCCC/C=C/CCCCCCCC(=O)O[C@@H](COC(=O)CCCCCCCCCCCCCCC)COP(=O)(O)OCC[N+](C)(C)C. The van der Waals surface area contributed by atoms with Crippen molar-refractivity contribution in [3.8, 4) is 0 Å². The van der Waals surface area contributed by atoms with Gasteiger partial charge in [0, 0.05) is 12.8 Å². The molecule has 0 saturated carbocycles. The summed E-state index contributed by atoms with van der Waals surface area (Å²) in [7, 11) is 1.48. The predicted octanol–water partition coefficient (Wildman–Crippen LogP) is 10.6. The number of hydrogen-bond acceptors (Lipinski definition) is 7. The molecule has 10 heteroatoms. The average Bonchev–Trinajstić information content (AvgIpc) is 3.04. The standard InChI is InChI=1S/C39H76NO8P/c1-6-8-10-12-14-16-18-20-22-23-25-27-29-31-38(41)45-35-37(36-47-49(43,44)46-34-33-40(3,4)5)48-39(42)32-30-28-26-24-21-19-17-15-13-11-9-7-2/h15,17,37H,6-14,16,18-36H2,1-5H3/p+1/b17-15+/t37-/m0/s1. The zero-order chi connectivity index (χ0) is 36.5. The molecule has 2 atom stereocenters. The van der Waals surface area contributed by atoms with Crippen LogP contribution in [0.25, 0.3) is 0 Å². The van der Waals surface area contributed by atoms with E-state index < -0.39 is 26.5 Å². The number of allylic oxidation sites excluding steroid dienone is 2. The molecule has 0 aromatic rings. The van der Waals surface area contributed by atoms with Gasteiger partial charge in [-0.25, -0.2) is 4.57 Å². The summed E-state index contributed by atoms with van der Waals surface area (Å²) >= 11 is 0. The second-order valence-electron chi connectivity index (χ2n) is 14.7. The van der Waals surface area contributed by atoms with Crippen LogP contribution in [0.3, 0.4) is 0 Å². The largest absolute Gasteiger partial charge is 0.472 e. The lowest BCUT2D eigenvalue weighted by molar-refractivity contribution is -0.870. The van der Waals surface area contributed by atoms with E-state index in [1.165, 1.54) is 89.9 Å². The molecule has 0 heterocycles. The number of likely N-dealkylation sites (N-methyl/N-ethyl adjacent to an activating group) is 1. The maximum atomic E-state index is 12.6. The van der Waals surface area contributed by atoms with Gasteiger partial charge in [-0.2, -0.15) is 0 Å². The molecule has 0 aromatic carbocycles. The van der Waals surface area contributed by atoms with E-state index in [9.17, 15) is 19.0 Å². The van der Waals surface area contributed by atoms with Crippen molar-refractivity contribution in [2.24, 2.45) is 0 Å². The summed E-state index contributed by atoms with van der Waals surface area (Å²) in [4.78, 5) is 35.2. The summed E-state index contributed by atoms with van der Waals surface area (Å²) in [6.07, 6.45) is 31.1. The molecule has 1 N–H and O–H groups in total. The van der Waals surface area contributed by atoms with Gasteiger partial charge in [0.15, 0.2) is 6.10 Å². The van der Waals surface area contributed by atoms with Crippen molar-refractivity contribution < 1.29 is 42.1 Å². The molecule has 1 unspecified atom stereocenters. The number of carbonyl (C=O) groups excluding carboxylic acids is 2. The minimum absolute atomic E-state index is 0.0328. The van der Waals surface area contributed by atoms with Gasteiger partial charge < -0.3 is 18.9 Å². The summed E-state index contributed by atoms with van der Waals surface area (Å²) in [5.41, 5.74) is 0. The predicted molar refractivity (Wildman–Crippen MR) is 201 cm³/mol. The molecule has 0 spiro atoms. The van der Waals surface area contributed by atoms with Crippen molar-refractivity contribution >= 4 is 19.8 Å². The van der Waals surface area contributed by atoms with Crippen LogP contribution in [0.4, 0.5) is 0 Å². The first-order valence-electron chi connectivity index (χ1n) is 19.9. The highest BCUT2D eigenvalue weighted by Crippen LogP contribution is 2.43. The van der Waals surface area contributed by atoms with Gasteiger partial charge in [-0.05, 0) is 38.5 Å². The third-order valence-corrected chi connectivity index (χ3v) is 9.53. The highest BCUT2D eigenvalue weighted by molar-refractivity contribution is 7.47. The van der Waals surface area contributed by atoms with Gasteiger partial charge >= 0.3 is 19.8 Å². The Kier molecular flexibility index (Phi) is 31.8. The van der Waals surface area contributed by atoms with E-state index in [1.807, 2.05) is 21.1 Å². The van der Waals surface area contributed by atoms with Crippen molar-refractivity contribution in [2.45, 2.75) is 180 Å². The molecule has 0 aliphatic heterocycles. The van der Waals surface area contributed by atoms with Crippen molar-refractivity contribution in [1.29, 1.82) is 0 Å². The number of unbranched alkanes of at least 4 members (excludes halogenated alkanes) is 20. The molecule has 0 rings (SSSR count). The lowest BCUT2D eigenvalue weighted by Gasteiger charge is -2.24. The average molecular weight is 719 g/mol. The Hall–Kier alpha value is -1.25. The van der Waals surface area contributed by atoms with E-state index >= 15 is 0 Å². The van der Waals surface area contributed by atoms with E-state index in [2.05, 4.69) is 26.0 Å². The Morgan fingerprint density at radius 3 is 1.55 bits per heavy atom. The van der Waals surface area contributed by atoms with Gasteiger partial charge in [0.05, 0.1) is 27.7 Å². The Bertz CT molecular complexity index is 860. The van der Waals surface area contributed by atoms with Crippen LogP contribution in [0, 0.1) is 0 Å². The molecule has 0 fully saturated rings. The van der Waals surface area contributed by atoms with Crippen LogP contribution in [-0.2, 0) is 32.7 Å². The summed E-state index contributed by atoms with van der Waals surface area (Å²) in [6, 6.07) is 0. The smallest absolute Gasteiger partial charge is 0.462 e. The second kappa shape index (κ2) is 32.6. The van der Waals surface area contributed by atoms with Crippen LogP contribution in [0.2, 0.25) is 0 Å². The molecule has 0 bridgehead atoms. The van der Waals surface area contributed by atoms with Crippen LogP contribution in [0.1, 0.15) is 174 Å². The molecule has 0 aliphatic carbocycles. The number of nitrogens with zero attached hydrogens (tertiary/aromatic N) is 1. The number of esters is 2. The highest BCUT2D eigenvalue weighted by Gasteiger charge is 2.27. The minimum atomic E-state index is -4.36. The van der Waals surface area contributed by atoms with Crippen LogP contribution >= 0.6 is 7.82 Å². The fourth-order valence-corrected chi connectivity index (χ4v) is 6.10. The first-order chi connectivity index (χ1) is 23.5. The molecular formula is C39H77NO8P+. The third-order valence-electron chi connectivity index (χ3n) is 8.55. The van der Waals surface area contributed by atoms with Gasteiger partial charge in [0.2, 0.25) is 0 Å². The fourth-order valence-electron chi connectivity index (χ4n) is 5.36.